The van der Waals surface area contributed by atoms with Gasteiger partial charge >= 0.3 is 0 Å². The Morgan fingerprint density at radius 1 is 1.24 bits per heavy atom. The van der Waals surface area contributed by atoms with Gasteiger partial charge < -0.3 is 9.30 Å². The van der Waals surface area contributed by atoms with E-state index in [2.05, 4.69) is 53.7 Å². The highest BCUT2D eigenvalue weighted by atomic mass is 16.5. The van der Waals surface area contributed by atoms with Gasteiger partial charge in [0.25, 0.3) is 0 Å². The van der Waals surface area contributed by atoms with Gasteiger partial charge in [0.2, 0.25) is 0 Å². The number of ether oxygens (including phenoxy) is 1. The van der Waals surface area contributed by atoms with Crippen molar-refractivity contribution in [3.8, 4) is 11.4 Å². The van der Waals surface area contributed by atoms with Crippen molar-refractivity contribution in [3.63, 3.8) is 0 Å². The highest BCUT2D eigenvalue weighted by Crippen LogP contribution is 2.32. The van der Waals surface area contributed by atoms with Gasteiger partial charge in [0.05, 0.1) is 12.6 Å². The smallest absolute Gasteiger partial charge is 0.160 e. The third-order valence-electron chi connectivity index (χ3n) is 5.07. The monoisotopic (exact) mass is 338 g/mol. The van der Waals surface area contributed by atoms with Gasteiger partial charge in [-0.3, -0.25) is 0 Å². The maximum atomic E-state index is 5.61. The van der Waals surface area contributed by atoms with Crippen LogP contribution in [0, 0.1) is 0 Å². The fourth-order valence-corrected chi connectivity index (χ4v) is 3.68. The number of aromatic nitrogens is 4. The lowest BCUT2D eigenvalue weighted by molar-refractivity contribution is 0.184. The molecule has 0 saturated carbocycles. The summed E-state index contributed by atoms with van der Waals surface area (Å²) in [6.45, 7) is 3.77. The molecule has 25 heavy (non-hydrogen) atoms. The molecular formula is C20H26N4O. The highest BCUT2D eigenvalue weighted by Gasteiger charge is 2.25. The molecule has 1 fully saturated rings. The lowest BCUT2D eigenvalue weighted by Crippen LogP contribution is -2.12. The number of hydrogen-bond acceptors (Lipinski definition) is 3. The number of hydrogen-bond donors (Lipinski definition) is 0. The van der Waals surface area contributed by atoms with Crippen molar-refractivity contribution in [2.45, 2.75) is 45.1 Å². The standard InChI is InChI=1S/C20H26N4O/c1-3-4-5-10-19-21-20(24(22-19)15-11-12-25-14-15)17-13-23(2)18-9-7-6-8-16(17)18/h6-9,13,15H,3-5,10-12,14H2,1-2H3. The van der Waals surface area contributed by atoms with Crippen LogP contribution in [0.2, 0.25) is 0 Å². The summed E-state index contributed by atoms with van der Waals surface area (Å²) in [6, 6.07) is 8.79. The minimum atomic E-state index is 0.293. The van der Waals surface area contributed by atoms with Gasteiger partial charge in [-0.05, 0) is 18.9 Å². The van der Waals surface area contributed by atoms with Crippen molar-refractivity contribution in [1.82, 2.24) is 19.3 Å². The maximum Gasteiger partial charge on any atom is 0.160 e. The Kier molecular flexibility index (Phi) is 4.57. The third-order valence-corrected chi connectivity index (χ3v) is 5.07. The molecule has 132 valence electrons. The molecule has 0 bridgehead atoms. The van der Waals surface area contributed by atoms with Gasteiger partial charge in [-0.2, -0.15) is 5.10 Å². The van der Waals surface area contributed by atoms with Gasteiger partial charge in [0.1, 0.15) is 0 Å². The molecule has 1 aliphatic heterocycles. The second kappa shape index (κ2) is 7.00. The molecule has 1 aromatic carbocycles. The fourth-order valence-electron chi connectivity index (χ4n) is 3.68. The largest absolute Gasteiger partial charge is 0.379 e. The maximum absolute atomic E-state index is 5.61. The summed E-state index contributed by atoms with van der Waals surface area (Å²) >= 11 is 0. The first-order valence-electron chi connectivity index (χ1n) is 9.35. The lowest BCUT2D eigenvalue weighted by atomic mass is 10.1. The van der Waals surface area contributed by atoms with Crippen molar-refractivity contribution in [2.75, 3.05) is 13.2 Å². The zero-order valence-electron chi connectivity index (χ0n) is 15.1. The molecule has 0 amide bonds. The summed E-state index contributed by atoms with van der Waals surface area (Å²) < 4.78 is 9.90. The van der Waals surface area contributed by atoms with Crippen LogP contribution < -0.4 is 0 Å². The molecule has 1 atom stereocenters. The summed E-state index contributed by atoms with van der Waals surface area (Å²) in [5.41, 5.74) is 2.39. The van der Waals surface area contributed by atoms with E-state index in [9.17, 15) is 0 Å². The predicted molar refractivity (Wildman–Crippen MR) is 99.6 cm³/mol. The number of rotatable bonds is 6. The van der Waals surface area contributed by atoms with Crippen LogP contribution in [0.4, 0.5) is 0 Å². The van der Waals surface area contributed by atoms with Crippen LogP contribution in [0.15, 0.2) is 30.5 Å². The summed E-state index contributed by atoms with van der Waals surface area (Å²) in [6.07, 6.45) is 7.73. The molecule has 1 saturated heterocycles. The molecule has 3 aromatic rings. The molecule has 0 radical (unpaired) electrons. The van der Waals surface area contributed by atoms with Crippen LogP contribution in [-0.2, 0) is 18.2 Å². The van der Waals surface area contributed by atoms with Crippen molar-refractivity contribution >= 4 is 10.9 Å². The van der Waals surface area contributed by atoms with E-state index in [4.69, 9.17) is 14.8 Å². The van der Waals surface area contributed by atoms with Crippen LogP contribution in [0.3, 0.4) is 0 Å². The molecule has 5 nitrogen and oxygen atoms in total. The van der Waals surface area contributed by atoms with Gasteiger partial charge in [-0.25, -0.2) is 9.67 Å². The second-order valence-corrected chi connectivity index (χ2v) is 6.94. The Morgan fingerprint density at radius 3 is 2.92 bits per heavy atom. The minimum Gasteiger partial charge on any atom is -0.379 e. The SMILES string of the molecule is CCCCCc1nc(-c2cn(C)c3ccccc23)n(C2CCOC2)n1. The third kappa shape index (κ3) is 3.09. The first-order chi connectivity index (χ1) is 12.3. The van der Waals surface area contributed by atoms with Crippen molar-refractivity contribution in [2.24, 2.45) is 7.05 Å². The summed E-state index contributed by atoms with van der Waals surface area (Å²) in [4.78, 5) is 4.94. The molecule has 4 rings (SSSR count). The fraction of sp³-hybridized carbons (Fsp3) is 0.500. The second-order valence-electron chi connectivity index (χ2n) is 6.94. The van der Waals surface area contributed by atoms with Crippen molar-refractivity contribution < 1.29 is 4.74 Å². The lowest BCUT2D eigenvalue weighted by Gasteiger charge is -2.10. The zero-order valence-corrected chi connectivity index (χ0v) is 15.1. The molecule has 5 heteroatoms. The average Bonchev–Trinajstić information content (AvgIpc) is 3.34. The van der Waals surface area contributed by atoms with Gasteiger partial charge in [-0.15, -0.1) is 0 Å². The van der Waals surface area contributed by atoms with Crippen LogP contribution >= 0.6 is 0 Å². The van der Waals surface area contributed by atoms with E-state index in [1.807, 2.05) is 0 Å². The Balaban J connectivity index is 1.78. The number of para-hydroxylation sites is 1. The number of nitrogens with zero attached hydrogens (tertiary/aromatic N) is 4. The summed E-state index contributed by atoms with van der Waals surface area (Å²) in [5, 5.41) is 6.11. The van der Waals surface area contributed by atoms with Crippen molar-refractivity contribution in [3.05, 3.63) is 36.3 Å². The molecule has 1 unspecified atom stereocenters. The Morgan fingerprint density at radius 2 is 2.12 bits per heavy atom. The number of aryl methyl sites for hydroxylation is 2. The average molecular weight is 338 g/mol. The predicted octanol–water partition coefficient (Wildman–Crippen LogP) is 4.13. The van der Waals surface area contributed by atoms with Crippen molar-refractivity contribution in [1.29, 1.82) is 0 Å². The highest BCUT2D eigenvalue weighted by molar-refractivity contribution is 5.94. The van der Waals surface area contributed by atoms with E-state index < -0.39 is 0 Å². The minimum absolute atomic E-state index is 0.293. The van der Waals surface area contributed by atoms with Crippen LogP contribution in [0.25, 0.3) is 22.3 Å². The van der Waals surface area contributed by atoms with E-state index in [0.29, 0.717) is 6.04 Å². The quantitative estimate of drug-likeness (QED) is 0.635. The van der Waals surface area contributed by atoms with Crippen LogP contribution in [-0.4, -0.2) is 32.5 Å². The first-order valence-corrected chi connectivity index (χ1v) is 9.35. The van der Waals surface area contributed by atoms with E-state index >= 15 is 0 Å². The van der Waals surface area contributed by atoms with Crippen LogP contribution in [0.1, 0.15) is 44.5 Å². The molecule has 3 heterocycles. The number of benzene rings is 1. The molecule has 0 spiro atoms. The topological polar surface area (TPSA) is 44.9 Å². The normalized spacial score (nSPS) is 17.6. The summed E-state index contributed by atoms with van der Waals surface area (Å²) in [5.74, 6) is 1.95. The summed E-state index contributed by atoms with van der Waals surface area (Å²) in [7, 11) is 2.09. The number of unbranched alkanes of at least 4 members (excludes halogenated alkanes) is 2. The molecular weight excluding hydrogens is 312 g/mol. The Bertz CT molecular complexity index is 858. The zero-order chi connectivity index (χ0) is 17.2. The van der Waals surface area contributed by atoms with Gasteiger partial charge in [0.15, 0.2) is 11.6 Å². The van der Waals surface area contributed by atoms with E-state index in [-0.39, 0.29) is 0 Å². The Labute approximate surface area is 148 Å². The molecule has 0 N–H and O–H groups in total. The van der Waals surface area contributed by atoms with E-state index in [0.717, 1.165) is 44.1 Å². The van der Waals surface area contributed by atoms with E-state index in [1.165, 1.54) is 29.3 Å². The molecule has 2 aromatic heterocycles. The molecule has 1 aliphatic rings. The van der Waals surface area contributed by atoms with Gasteiger partial charge in [0, 0.05) is 42.7 Å². The Hall–Kier alpha value is -2.14. The molecule has 0 aliphatic carbocycles. The van der Waals surface area contributed by atoms with E-state index in [1.54, 1.807) is 0 Å². The van der Waals surface area contributed by atoms with Gasteiger partial charge in [-0.1, -0.05) is 38.0 Å². The number of fused-ring (bicyclic) bond motifs is 1. The van der Waals surface area contributed by atoms with Crippen LogP contribution in [0.5, 0.6) is 0 Å². The first kappa shape index (κ1) is 16.3.